The third kappa shape index (κ3) is 5.76. The summed E-state index contributed by atoms with van der Waals surface area (Å²) in [5.74, 6) is 0.851. The average molecular weight is 647 g/mol. The number of hydrogen-bond donors (Lipinski definition) is 1. The molecule has 1 saturated carbocycles. The first-order valence-corrected chi connectivity index (χ1v) is 12.3. The third-order valence-corrected chi connectivity index (χ3v) is 7.45. The molecule has 0 spiro atoms. The molecule has 1 radical (unpaired) electrons. The second-order valence-corrected chi connectivity index (χ2v) is 11.3. The van der Waals surface area contributed by atoms with Crippen molar-refractivity contribution in [1.82, 2.24) is 4.98 Å². The van der Waals surface area contributed by atoms with E-state index in [-0.39, 0.29) is 36.7 Å². The van der Waals surface area contributed by atoms with Gasteiger partial charge in [-0.1, -0.05) is 71.9 Å². The second-order valence-electron chi connectivity index (χ2n) is 11.3. The van der Waals surface area contributed by atoms with E-state index in [0.717, 1.165) is 48.1 Å². The molecule has 0 amide bonds. The minimum Gasteiger partial charge on any atom is -0.511 e. The number of fused-ring (bicyclic) bond motifs is 2. The van der Waals surface area contributed by atoms with E-state index in [2.05, 4.69) is 61.3 Å². The molecule has 1 aromatic heterocycles. The van der Waals surface area contributed by atoms with Crippen LogP contribution in [0.3, 0.4) is 0 Å². The van der Waals surface area contributed by atoms with Gasteiger partial charge < -0.3 is 10.1 Å². The minimum absolute atomic E-state index is 0. The molecule has 35 heavy (non-hydrogen) atoms. The van der Waals surface area contributed by atoms with Crippen LogP contribution in [0.1, 0.15) is 64.5 Å². The summed E-state index contributed by atoms with van der Waals surface area (Å²) in [6, 6.07) is 18.0. The number of aryl methyl sites for hydroxylation is 2. The molecule has 0 saturated heterocycles. The summed E-state index contributed by atoms with van der Waals surface area (Å²) in [4.78, 5) is 16.9. The summed E-state index contributed by atoms with van der Waals surface area (Å²) in [6.07, 6.45) is 5.97. The van der Waals surface area contributed by atoms with Crippen molar-refractivity contribution in [3.05, 3.63) is 77.2 Å². The zero-order valence-electron chi connectivity index (χ0n) is 21.7. The van der Waals surface area contributed by atoms with Crippen LogP contribution in [0.2, 0.25) is 0 Å². The summed E-state index contributed by atoms with van der Waals surface area (Å²) < 4.78 is 0. The molecule has 2 aliphatic carbocycles. The Morgan fingerprint density at radius 2 is 1.57 bits per heavy atom. The standard InChI is InChI=1S/C17H14N.C14H22O2.Ir/c1-12-7-13(2)9-16(8-12)17-10-14-5-3-4-6-15(14)11-18-17;1-13(2)7-5-9-6-8-14(3,4)12(16)10(9)11(13)15;/h3-8,10-11H,1-2H3;9,15H,5-8H2,1-4H3;/q-1;;. The molecule has 1 fully saturated rings. The van der Waals surface area contributed by atoms with E-state index in [0.29, 0.717) is 11.7 Å². The normalized spacial score (nSPS) is 20.4. The van der Waals surface area contributed by atoms with Crippen molar-refractivity contribution in [2.24, 2.45) is 16.7 Å². The van der Waals surface area contributed by atoms with Crippen LogP contribution in [0.5, 0.6) is 0 Å². The first-order valence-electron chi connectivity index (χ1n) is 12.3. The molecule has 1 heterocycles. The van der Waals surface area contributed by atoms with Crippen molar-refractivity contribution in [2.75, 3.05) is 0 Å². The quantitative estimate of drug-likeness (QED) is 0.273. The molecule has 3 aromatic rings. The van der Waals surface area contributed by atoms with Crippen LogP contribution in [0.4, 0.5) is 0 Å². The molecule has 0 aliphatic heterocycles. The Balaban J connectivity index is 0.000000192. The Kier molecular flexibility index (Phi) is 8.09. The molecular weight excluding hydrogens is 611 g/mol. The number of hydrogen-bond acceptors (Lipinski definition) is 3. The summed E-state index contributed by atoms with van der Waals surface area (Å²) in [5.41, 5.74) is 4.70. The van der Waals surface area contributed by atoms with Crippen molar-refractivity contribution in [1.29, 1.82) is 0 Å². The van der Waals surface area contributed by atoms with Gasteiger partial charge >= 0.3 is 0 Å². The van der Waals surface area contributed by atoms with E-state index < -0.39 is 0 Å². The summed E-state index contributed by atoms with van der Waals surface area (Å²) in [5, 5.41) is 12.7. The van der Waals surface area contributed by atoms with E-state index in [1.807, 2.05) is 40.0 Å². The van der Waals surface area contributed by atoms with Crippen LogP contribution in [0.25, 0.3) is 22.0 Å². The Labute approximate surface area is 223 Å². The number of allylic oxidation sites excluding steroid dienone is 2. The summed E-state index contributed by atoms with van der Waals surface area (Å²) >= 11 is 0. The number of aliphatic hydroxyl groups excluding tert-OH is 1. The number of carbonyl (C=O) groups is 1. The second kappa shape index (κ2) is 10.4. The van der Waals surface area contributed by atoms with Crippen molar-refractivity contribution >= 4 is 16.6 Å². The molecule has 3 nitrogen and oxygen atoms in total. The van der Waals surface area contributed by atoms with Gasteiger partial charge in [-0.25, -0.2) is 0 Å². The van der Waals surface area contributed by atoms with Crippen LogP contribution < -0.4 is 0 Å². The van der Waals surface area contributed by atoms with Crippen LogP contribution in [-0.2, 0) is 24.9 Å². The maximum atomic E-state index is 12.4. The molecule has 0 bridgehead atoms. The number of pyridine rings is 1. The molecule has 1 atom stereocenters. The van der Waals surface area contributed by atoms with Crippen LogP contribution in [0.15, 0.2) is 60.0 Å². The molecule has 1 N–H and O–H groups in total. The Hall–Kier alpha value is -2.29. The van der Waals surface area contributed by atoms with E-state index in [1.165, 1.54) is 16.3 Å². The fourth-order valence-corrected chi connectivity index (χ4v) is 5.21. The van der Waals surface area contributed by atoms with Crippen molar-refractivity contribution in [3.8, 4) is 11.3 Å². The van der Waals surface area contributed by atoms with Crippen molar-refractivity contribution in [3.63, 3.8) is 0 Å². The fraction of sp³-hybridized carbons (Fsp3) is 0.419. The summed E-state index contributed by atoms with van der Waals surface area (Å²) in [7, 11) is 0. The number of benzene rings is 2. The van der Waals surface area contributed by atoms with Crippen LogP contribution in [-0.4, -0.2) is 15.9 Å². The predicted molar refractivity (Wildman–Crippen MR) is 140 cm³/mol. The van der Waals surface area contributed by atoms with E-state index >= 15 is 0 Å². The Morgan fingerprint density at radius 1 is 0.943 bits per heavy atom. The molecular formula is C31H36IrNO2-. The molecule has 5 rings (SSSR count). The largest absolute Gasteiger partial charge is 0.511 e. The molecule has 1 unspecified atom stereocenters. The van der Waals surface area contributed by atoms with E-state index in [9.17, 15) is 9.90 Å². The molecule has 2 aliphatic rings. The van der Waals surface area contributed by atoms with E-state index in [1.54, 1.807) is 0 Å². The van der Waals surface area contributed by atoms with E-state index in [4.69, 9.17) is 0 Å². The first kappa shape index (κ1) is 27.3. The number of carbonyl (C=O) groups excluding carboxylic acids is 1. The molecule has 187 valence electrons. The van der Waals surface area contributed by atoms with Crippen molar-refractivity contribution < 1.29 is 30.0 Å². The maximum Gasteiger partial charge on any atom is 0.168 e. The van der Waals surface area contributed by atoms with Gasteiger partial charge in [0, 0.05) is 42.7 Å². The fourth-order valence-electron chi connectivity index (χ4n) is 5.21. The van der Waals surface area contributed by atoms with Gasteiger partial charge in [-0.05, 0) is 48.1 Å². The number of aliphatic hydroxyl groups is 1. The average Bonchev–Trinajstić information content (AvgIpc) is 2.78. The van der Waals surface area contributed by atoms with Gasteiger partial charge in [0.05, 0.1) is 0 Å². The number of aromatic nitrogens is 1. The number of nitrogens with zero attached hydrogens (tertiary/aromatic N) is 1. The van der Waals surface area contributed by atoms with Crippen molar-refractivity contribution in [2.45, 2.75) is 67.2 Å². The van der Waals surface area contributed by atoms with Gasteiger partial charge in [-0.15, -0.1) is 34.9 Å². The van der Waals surface area contributed by atoms with Gasteiger partial charge in [-0.2, -0.15) is 0 Å². The zero-order valence-corrected chi connectivity index (χ0v) is 24.1. The van der Waals surface area contributed by atoms with Gasteiger partial charge in [0.25, 0.3) is 0 Å². The number of Topliss-reactive ketones (excluding diaryl/α,β-unsaturated/α-hetero) is 1. The Morgan fingerprint density at radius 3 is 2.23 bits per heavy atom. The van der Waals surface area contributed by atoms with Gasteiger partial charge in [0.15, 0.2) is 5.78 Å². The Bertz CT molecular complexity index is 1250. The van der Waals surface area contributed by atoms with Gasteiger partial charge in [-0.3, -0.25) is 4.79 Å². The molecule has 4 heteroatoms. The monoisotopic (exact) mass is 647 g/mol. The number of ketones is 1. The maximum absolute atomic E-state index is 12.4. The molecule has 2 aromatic carbocycles. The third-order valence-electron chi connectivity index (χ3n) is 7.45. The topological polar surface area (TPSA) is 50.2 Å². The van der Waals surface area contributed by atoms with Gasteiger partial charge in [0.1, 0.15) is 5.76 Å². The zero-order chi connectivity index (χ0) is 24.7. The summed E-state index contributed by atoms with van der Waals surface area (Å²) in [6.45, 7) is 12.2. The number of rotatable bonds is 1. The minimum atomic E-state index is -0.284. The first-order chi connectivity index (χ1) is 16.0. The van der Waals surface area contributed by atoms with Crippen LogP contribution >= 0.6 is 0 Å². The van der Waals surface area contributed by atoms with Crippen LogP contribution in [0, 0.1) is 36.7 Å². The SMILES string of the molecule is CC1(C)CCC2CCC(C)(C)C(O)=C2C1=O.Cc1[c-]c(-c2cc3ccccc3cn2)cc(C)c1.[Ir]. The smallest absolute Gasteiger partial charge is 0.168 e. The predicted octanol–water partition coefficient (Wildman–Crippen LogP) is 7.94. The van der Waals surface area contributed by atoms with Gasteiger partial charge in [0.2, 0.25) is 0 Å².